The quantitative estimate of drug-likeness (QED) is 0.762. The van der Waals surface area contributed by atoms with E-state index in [-0.39, 0.29) is 6.61 Å². The van der Waals surface area contributed by atoms with Gasteiger partial charge in [-0.3, -0.25) is 9.88 Å². The molecule has 3 heteroatoms. The molecule has 1 aromatic rings. The summed E-state index contributed by atoms with van der Waals surface area (Å²) in [6.45, 7) is 3.08. The summed E-state index contributed by atoms with van der Waals surface area (Å²) in [7, 11) is 0. The zero-order chi connectivity index (χ0) is 10.5. The van der Waals surface area contributed by atoms with Gasteiger partial charge in [0.25, 0.3) is 0 Å². The van der Waals surface area contributed by atoms with E-state index in [4.69, 9.17) is 5.11 Å². The lowest BCUT2D eigenvalue weighted by molar-refractivity contribution is 0.185. The number of hydrogen-bond acceptors (Lipinski definition) is 3. The molecule has 1 aromatic heterocycles. The van der Waals surface area contributed by atoms with Gasteiger partial charge in [0.15, 0.2) is 0 Å². The number of hydrogen-bond donors (Lipinski definition) is 1. The zero-order valence-electron chi connectivity index (χ0n) is 8.97. The minimum absolute atomic E-state index is 0.248. The van der Waals surface area contributed by atoms with Crippen molar-refractivity contribution in [2.75, 3.05) is 19.7 Å². The van der Waals surface area contributed by atoms with Gasteiger partial charge in [-0.15, -0.1) is 0 Å². The van der Waals surface area contributed by atoms with Crippen molar-refractivity contribution in [2.24, 2.45) is 5.92 Å². The van der Waals surface area contributed by atoms with Gasteiger partial charge in [0.05, 0.1) is 6.61 Å². The molecular formula is C12H18N2O. The van der Waals surface area contributed by atoms with E-state index in [1.54, 1.807) is 0 Å². The van der Waals surface area contributed by atoms with Gasteiger partial charge in [-0.1, -0.05) is 0 Å². The van der Waals surface area contributed by atoms with E-state index in [0.29, 0.717) is 0 Å². The second kappa shape index (κ2) is 5.24. The number of pyridine rings is 1. The van der Waals surface area contributed by atoms with Crippen molar-refractivity contribution in [3.8, 4) is 0 Å². The third kappa shape index (κ3) is 3.61. The monoisotopic (exact) mass is 206 g/mol. The molecule has 0 radical (unpaired) electrons. The molecule has 0 atom stereocenters. The molecule has 1 saturated carbocycles. The van der Waals surface area contributed by atoms with E-state index in [1.807, 2.05) is 24.5 Å². The summed E-state index contributed by atoms with van der Waals surface area (Å²) in [5.41, 5.74) is 1.28. The summed E-state index contributed by atoms with van der Waals surface area (Å²) < 4.78 is 0. The van der Waals surface area contributed by atoms with E-state index < -0.39 is 0 Å². The molecule has 3 nitrogen and oxygen atoms in total. The van der Waals surface area contributed by atoms with Gasteiger partial charge >= 0.3 is 0 Å². The first-order valence-corrected chi connectivity index (χ1v) is 5.60. The number of aliphatic hydroxyl groups excluding tert-OH is 1. The van der Waals surface area contributed by atoms with Gasteiger partial charge in [0.2, 0.25) is 0 Å². The molecule has 0 aliphatic heterocycles. The van der Waals surface area contributed by atoms with Crippen LogP contribution in [0.25, 0.3) is 0 Å². The van der Waals surface area contributed by atoms with Gasteiger partial charge in [0.1, 0.15) is 0 Å². The van der Waals surface area contributed by atoms with Crippen molar-refractivity contribution in [2.45, 2.75) is 19.4 Å². The molecule has 0 amide bonds. The maximum Gasteiger partial charge on any atom is 0.0558 e. The van der Waals surface area contributed by atoms with E-state index in [9.17, 15) is 0 Å². The van der Waals surface area contributed by atoms with Crippen molar-refractivity contribution >= 4 is 0 Å². The molecule has 1 aliphatic rings. The predicted molar refractivity (Wildman–Crippen MR) is 59.3 cm³/mol. The van der Waals surface area contributed by atoms with Crippen molar-refractivity contribution in [3.63, 3.8) is 0 Å². The van der Waals surface area contributed by atoms with Crippen molar-refractivity contribution in [1.82, 2.24) is 9.88 Å². The molecule has 0 unspecified atom stereocenters. The largest absolute Gasteiger partial charge is 0.395 e. The summed E-state index contributed by atoms with van der Waals surface area (Å²) >= 11 is 0. The van der Waals surface area contributed by atoms with Gasteiger partial charge in [-0.2, -0.15) is 0 Å². The Morgan fingerprint density at radius 3 is 2.67 bits per heavy atom. The van der Waals surface area contributed by atoms with Crippen LogP contribution in [0.1, 0.15) is 18.4 Å². The minimum Gasteiger partial charge on any atom is -0.395 e. The average molecular weight is 206 g/mol. The minimum atomic E-state index is 0.248. The molecule has 1 heterocycles. The SMILES string of the molecule is OCCN(Cc1ccncc1)CC1CC1. The van der Waals surface area contributed by atoms with Crippen LogP contribution >= 0.6 is 0 Å². The van der Waals surface area contributed by atoms with Crippen LogP contribution in [0.2, 0.25) is 0 Å². The highest BCUT2D eigenvalue weighted by atomic mass is 16.3. The van der Waals surface area contributed by atoms with Crippen LogP contribution < -0.4 is 0 Å². The van der Waals surface area contributed by atoms with Crippen LogP contribution in [-0.4, -0.2) is 34.7 Å². The Balaban J connectivity index is 1.87. The molecule has 0 aromatic carbocycles. The molecule has 0 saturated heterocycles. The molecule has 82 valence electrons. The molecule has 1 N–H and O–H groups in total. The van der Waals surface area contributed by atoms with E-state index in [0.717, 1.165) is 25.6 Å². The summed E-state index contributed by atoms with van der Waals surface area (Å²) in [4.78, 5) is 6.33. The Labute approximate surface area is 90.8 Å². The summed E-state index contributed by atoms with van der Waals surface area (Å²) in [6, 6.07) is 4.08. The van der Waals surface area contributed by atoms with Crippen molar-refractivity contribution in [3.05, 3.63) is 30.1 Å². The van der Waals surface area contributed by atoms with Gasteiger partial charge in [-0.25, -0.2) is 0 Å². The Kier molecular flexibility index (Phi) is 3.69. The highest BCUT2D eigenvalue weighted by Gasteiger charge is 2.23. The first-order valence-electron chi connectivity index (χ1n) is 5.60. The smallest absolute Gasteiger partial charge is 0.0558 e. The Morgan fingerprint density at radius 1 is 1.33 bits per heavy atom. The maximum absolute atomic E-state index is 8.99. The topological polar surface area (TPSA) is 36.4 Å². The van der Waals surface area contributed by atoms with Gasteiger partial charge < -0.3 is 5.11 Å². The second-order valence-corrected chi connectivity index (χ2v) is 4.26. The Morgan fingerprint density at radius 2 is 2.07 bits per heavy atom. The molecular weight excluding hydrogens is 188 g/mol. The van der Waals surface area contributed by atoms with Crippen molar-refractivity contribution < 1.29 is 5.11 Å². The highest BCUT2D eigenvalue weighted by Crippen LogP contribution is 2.29. The maximum atomic E-state index is 8.99. The highest BCUT2D eigenvalue weighted by molar-refractivity contribution is 5.09. The Bertz CT molecular complexity index is 285. The standard InChI is InChI=1S/C12H18N2O/c15-8-7-14(9-11-1-2-11)10-12-3-5-13-6-4-12/h3-6,11,15H,1-2,7-10H2. The Hall–Kier alpha value is -0.930. The first kappa shape index (κ1) is 10.6. The third-order valence-electron chi connectivity index (χ3n) is 2.79. The van der Waals surface area contributed by atoms with Crippen LogP contribution in [0, 0.1) is 5.92 Å². The normalized spacial score (nSPS) is 15.9. The molecule has 15 heavy (non-hydrogen) atoms. The van der Waals surface area contributed by atoms with E-state index >= 15 is 0 Å². The first-order chi connectivity index (χ1) is 7.38. The van der Waals surface area contributed by atoms with E-state index in [1.165, 1.54) is 18.4 Å². The van der Waals surface area contributed by atoms with Crippen LogP contribution in [-0.2, 0) is 6.54 Å². The molecule has 1 aliphatic carbocycles. The second-order valence-electron chi connectivity index (χ2n) is 4.26. The van der Waals surface area contributed by atoms with Crippen LogP contribution in [0.4, 0.5) is 0 Å². The fourth-order valence-electron chi connectivity index (χ4n) is 1.79. The van der Waals surface area contributed by atoms with Gasteiger partial charge in [0, 0.05) is 32.0 Å². The molecule has 2 rings (SSSR count). The fourth-order valence-corrected chi connectivity index (χ4v) is 1.79. The van der Waals surface area contributed by atoms with Crippen LogP contribution in [0.3, 0.4) is 0 Å². The summed E-state index contributed by atoms with van der Waals surface area (Å²) in [6.07, 6.45) is 6.36. The molecule has 0 spiro atoms. The lowest BCUT2D eigenvalue weighted by Gasteiger charge is -2.20. The zero-order valence-corrected chi connectivity index (χ0v) is 8.97. The fraction of sp³-hybridized carbons (Fsp3) is 0.583. The van der Waals surface area contributed by atoms with Gasteiger partial charge in [-0.05, 0) is 36.5 Å². The number of aliphatic hydroxyl groups is 1. The van der Waals surface area contributed by atoms with Crippen LogP contribution in [0.15, 0.2) is 24.5 Å². The third-order valence-corrected chi connectivity index (χ3v) is 2.79. The molecule has 0 bridgehead atoms. The predicted octanol–water partition coefficient (Wildman–Crippen LogP) is 1.29. The molecule has 1 fully saturated rings. The van der Waals surface area contributed by atoms with Crippen LogP contribution in [0.5, 0.6) is 0 Å². The van der Waals surface area contributed by atoms with E-state index in [2.05, 4.69) is 9.88 Å². The van der Waals surface area contributed by atoms with Crippen molar-refractivity contribution in [1.29, 1.82) is 0 Å². The summed E-state index contributed by atoms with van der Waals surface area (Å²) in [5.74, 6) is 0.874. The number of aromatic nitrogens is 1. The average Bonchev–Trinajstić information content (AvgIpc) is 3.03. The number of rotatable bonds is 6. The lowest BCUT2D eigenvalue weighted by atomic mass is 10.2. The lowest BCUT2D eigenvalue weighted by Crippen LogP contribution is -2.28. The number of nitrogens with zero attached hydrogens (tertiary/aromatic N) is 2. The summed E-state index contributed by atoms with van der Waals surface area (Å²) in [5, 5.41) is 8.99.